The SMILES string of the molecule is CN(Cc1ccncn1)C(=O)C1C2C(=O)N(CCN3CCCCC3)C[C@@]23C=C[C@@H]1O3. The van der Waals surface area contributed by atoms with E-state index in [1.165, 1.54) is 25.6 Å². The fraction of sp³-hybridized carbons (Fsp3) is 0.636. The van der Waals surface area contributed by atoms with Gasteiger partial charge in [-0.15, -0.1) is 0 Å². The summed E-state index contributed by atoms with van der Waals surface area (Å²) < 4.78 is 6.25. The molecule has 1 aromatic heterocycles. The molecule has 3 fully saturated rings. The van der Waals surface area contributed by atoms with Gasteiger partial charge in [0.1, 0.15) is 11.9 Å². The lowest BCUT2D eigenvalue weighted by Crippen LogP contribution is -2.45. The quantitative estimate of drug-likeness (QED) is 0.642. The van der Waals surface area contributed by atoms with Crippen LogP contribution in [0.1, 0.15) is 25.0 Å². The second-order valence-electron chi connectivity index (χ2n) is 8.96. The van der Waals surface area contributed by atoms with Crippen LogP contribution in [0.15, 0.2) is 30.7 Å². The Morgan fingerprint density at radius 1 is 1.30 bits per heavy atom. The Balaban J connectivity index is 1.28. The van der Waals surface area contributed by atoms with Crippen LogP contribution in [-0.4, -0.2) is 88.0 Å². The van der Waals surface area contributed by atoms with Gasteiger partial charge in [-0.25, -0.2) is 9.97 Å². The average Bonchev–Trinajstić information content (AvgIpc) is 3.41. The summed E-state index contributed by atoms with van der Waals surface area (Å²) in [5.41, 5.74) is 0.135. The highest BCUT2D eigenvalue weighted by Crippen LogP contribution is 2.52. The number of carbonyl (C=O) groups is 2. The Hall–Kier alpha value is -2.32. The van der Waals surface area contributed by atoms with Gasteiger partial charge in [0.05, 0.1) is 36.7 Å². The minimum Gasteiger partial charge on any atom is -0.360 e. The van der Waals surface area contributed by atoms with Gasteiger partial charge in [-0.3, -0.25) is 9.59 Å². The molecule has 2 unspecified atom stereocenters. The molecule has 8 heteroatoms. The first-order valence-electron chi connectivity index (χ1n) is 11.0. The molecule has 0 saturated carbocycles. The zero-order valence-electron chi connectivity index (χ0n) is 17.4. The van der Waals surface area contributed by atoms with E-state index in [4.69, 9.17) is 4.74 Å². The first-order valence-corrected chi connectivity index (χ1v) is 11.0. The summed E-state index contributed by atoms with van der Waals surface area (Å²) in [4.78, 5) is 40.8. The van der Waals surface area contributed by atoms with E-state index >= 15 is 0 Å². The van der Waals surface area contributed by atoms with Crippen LogP contribution in [0.25, 0.3) is 0 Å². The molecule has 1 aromatic rings. The maximum atomic E-state index is 13.3. The van der Waals surface area contributed by atoms with Crippen molar-refractivity contribution in [2.75, 3.05) is 39.8 Å². The lowest BCUT2D eigenvalue weighted by molar-refractivity contribution is -0.142. The number of rotatable bonds is 6. The Labute approximate surface area is 176 Å². The maximum Gasteiger partial charge on any atom is 0.230 e. The molecule has 2 bridgehead atoms. The van der Waals surface area contributed by atoms with Gasteiger partial charge < -0.3 is 19.4 Å². The van der Waals surface area contributed by atoms with E-state index in [2.05, 4.69) is 14.9 Å². The molecule has 3 saturated heterocycles. The van der Waals surface area contributed by atoms with Gasteiger partial charge in [0.25, 0.3) is 0 Å². The monoisotopic (exact) mass is 411 g/mol. The topological polar surface area (TPSA) is 78.9 Å². The molecule has 30 heavy (non-hydrogen) atoms. The van der Waals surface area contributed by atoms with Crippen molar-refractivity contribution in [1.82, 2.24) is 24.7 Å². The third kappa shape index (κ3) is 3.32. The molecule has 5 heterocycles. The molecule has 0 aliphatic carbocycles. The van der Waals surface area contributed by atoms with E-state index in [9.17, 15) is 9.59 Å². The fourth-order valence-corrected chi connectivity index (χ4v) is 5.48. The summed E-state index contributed by atoms with van der Waals surface area (Å²) in [5.74, 6) is -0.878. The molecule has 0 radical (unpaired) electrons. The van der Waals surface area contributed by atoms with E-state index in [1.54, 1.807) is 24.2 Å². The number of ether oxygens (including phenoxy) is 1. The van der Waals surface area contributed by atoms with Gasteiger partial charge in [-0.05, 0) is 32.0 Å². The molecular weight excluding hydrogens is 382 g/mol. The average molecular weight is 412 g/mol. The van der Waals surface area contributed by atoms with E-state index < -0.39 is 17.4 Å². The van der Waals surface area contributed by atoms with Crippen molar-refractivity contribution < 1.29 is 14.3 Å². The summed E-state index contributed by atoms with van der Waals surface area (Å²) in [7, 11) is 1.76. The molecule has 8 nitrogen and oxygen atoms in total. The van der Waals surface area contributed by atoms with Gasteiger partial charge in [-0.2, -0.15) is 0 Å². The predicted octanol–water partition coefficient (Wildman–Crippen LogP) is 0.703. The van der Waals surface area contributed by atoms with Crippen molar-refractivity contribution in [3.8, 4) is 0 Å². The van der Waals surface area contributed by atoms with Crippen molar-refractivity contribution >= 4 is 11.8 Å². The molecule has 0 aromatic carbocycles. The van der Waals surface area contributed by atoms with Gasteiger partial charge in [-0.1, -0.05) is 18.6 Å². The van der Waals surface area contributed by atoms with Crippen LogP contribution in [0.3, 0.4) is 0 Å². The van der Waals surface area contributed by atoms with Crippen LogP contribution >= 0.6 is 0 Å². The number of aromatic nitrogens is 2. The standard InChI is InChI=1S/C22H29N5O3/c1-25(13-16-6-8-23-15-24-16)20(28)18-17-5-7-22(30-17)14-27(21(29)19(18)22)12-11-26-9-3-2-4-10-26/h5-8,15,17-19H,2-4,9-14H2,1H3/t17-,18?,19?,22-/m0/s1. The number of piperidine rings is 1. The van der Waals surface area contributed by atoms with Gasteiger partial charge in [0.2, 0.25) is 11.8 Å². The number of likely N-dealkylation sites (tertiary alicyclic amines) is 2. The summed E-state index contributed by atoms with van der Waals surface area (Å²) >= 11 is 0. The number of carbonyl (C=O) groups excluding carboxylic acids is 2. The molecule has 2 amide bonds. The van der Waals surface area contributed by atoms with Crippen molar-refractivity contribution in [2.24, 2.45) is 11.8 Å². The van der Waals surface area contributed by atoms with Crippen LogP contribution in [0.4, 0.5) is 0 Å². The molecule has 1 spiro atoms. The number of nitrogens with zero attached hydrogens (tertiary/aromatic N) is 5. The molecule has 160 valence electrons. The normalized spacial score (nSPS) is 32.6. The zero-order chi connectivity index (χ0) is 20.7. The minimum atomic E-state index is -0.639. The Bertz CT molecular complexity index is 840. The van der Waals surface area contributed by atoms with Crippen LogP contribution in [0, 0.1) is 11.8 Å². The van der Waals surface area contributed by atoms with Gasteiger partial charge in [0, 0.05) is 26.3 Å². The molecular formula is C22H29N5O3. The van der Waals surface area contributed by atoms with Crippen LogP contribution < -0.4 is 0 Å². The molecule has 4 aliphatic heterocycles. The molecule has 4 atom stereocenters. The molecule has 0 N–H and O–H groups in total. The second-order valence-corrected chi connectivity index (χ2v) is 8.96. The van der Waals surface area contributed by atoms with E-state index in [-0.39, 0.29) is 17.9 Å². The van der Waals surface area contributed by atoms with Gasteiger partial charge in [0.15, 0.2) is 0 Å². The van der Waals surface area contributed by atoms with Crippen LogP contribution in [0.2, 0.25) is 0 Å². The van der Waals surface area contributed by atoms with Crippen molar-refractivity contribution in [1.29, 1.82) is 0 Å². The van der Waals surface area contributed by atoms with Crippen LogP contribution in [-0.2, 0) is 20.9 Å². The molecule has 4 aliphatic rings. The maximum absolute atomic E-state index is 13.3. The third-order valence-corrected chi connectivity index (χ3v) is 7.02. The number of amides is 2. The highest BCUT2D eigenvalue weighted by Gasteiger charge is 2.67. The highest BCUT2D eigenvalue weighted by molar-refractivity contribution is 5.93. The third-order valence-electron chi connectivity index (χ3n) is 7.02. The lowest BCUT2D eigenvalue weighted by atomic mass is 9.76. The zero-order valence-corrected chi connectivity index (χ0v) is 17.4. The molecule has 5 rings (SSSR count). The largest absolute Gasteiger partial charge is 0.360 e. The number of hydrogen-bond donors (Lipinski definition) is 0. The summed E-state index contributed by atoms with van der Waals surface area (Å²) in [6.45, 7) is 4.77. The van der Waals surface area contributed by atoms with E-state index in [0.717, 1.165) is 25.3 Å². The minimum absolute atomic E-state index is 0.0546. The van der Waals surface area contributed by atoms with E-state index in [1.807, 2.05) is 17.1 Å². The summed E-state index contributed by atoms with van der Waals surface area (Å²) in [6.07, 6.45) is 10.6. The summed E-state index contributed by atoms with van der Waals surface area (Å²) in [6, 6.07) is 1.80. The first kappa shape index (κ1) is 19.6. The van der Waals surface area contributed by atoms with Crippen molar-refractivity contribution in [3.05, 3.63) is 36.4 Å². The second kappa shape index (κ2) is 7.74. The smallest absolute Gasteiger partial charge is 0.230 e. The first-order chi connectivity index (χ1) is 14.6. The Morgan fingerprint density at radius 3 is 2.90 bits per heavy atom. The Kier molecular flexibility index (Phi) is 5.06. The lowest BCUT2D eigenvalue weighted by Gasteiger charge is -2.29. The van der Waals surface area contributed by atoms with Crippen molar-refractivity contribution in [2.45, 2.75) is 37.5 Å². The van der Waals surface area contributed by atoms with E-state index in [0.29, 0.717) is 19.6 Å². The fourth-order valence-electron chi connectivity index (χ4n) is 5.48. The predicted molar refractivity (Wildman–Crippen MR) is 109 cm³/mol. The Morgan fingerprint density at radius 2 is 2.13 bits per heavy atom. The van der Waals surface area contributed by atoms with Crippen molar-refractivity contribution in [3.63, 3.8) is 0 Å². The highest BCUT2D eigenvalue weighted by atomic mass is 16.5. The summed E-state index contributed by atoms with van der Waals surface area (Å²) in [5, 5.41) is 0. The number of fused-ring (bicyclic) bond motifs is 1. The number of hydrogen-bond acceptors (Lipinski definition) is 6. The van der Waals surface area contributed by atoms with Gasteiger partial charge >= 0.3 is 0 Å². The van der Waals surface area contributed by atoms with Crippen LogP contribution in [0.5, 0.6) is 0 Å².